The van der Waals surface area contributed by atoms with Crippen molar-refractivity contribution in [1.29, 1.82) is 0 Å². The number of hydrogen-bond donors (Lipinski definition) is 0. The van der Waals surface area contributed by atoms with Gasteiger partial charge in [-0.1, -0.05) is 0 Å². The summed E-state index contributed by atoms with van der Waals surface area (Å²) in [4.78, 5) is 7.71. The Morgan fingerprint density at radius 2 is 2.67 bits per heavy atom. The highest BCUT2D eigenvalue weighted by molar-refractivity contribution is 7.78. The molecule has 0 aromatic carbocycles. The van der Waals surface area contributed by atoms with Crippen LogP contribution in [-0.2, 0) is 0 Å². The van der Waals surface area contributed by atoms with Crippen molar-refractivity contribution in [3.63, 3.8) is 0 Å². The van der Waals surface area contributed by atoms with E-state index in [9.17, 15) is 0 Å². The predicted molar refractivity (Wildman–Crippen MR) is 41.5 cm³/mol. The highest BCUT2D eigenvalue weighted by atomic mass is 32.1. The number of thiocarbonyl (C=S) groups is 1. The van der Waals surface area contributed by atoms with Gasteiger partial charge in [-0.2, -0.15) is 4.99 Å². The van der Waals surface area contributed by atoms with Crippen LogP contribution in [-0.4, -0.2) is 10.1 Å². The molecule has 1 aromatic heterocycles. The number of hydrogen-bond acceptors (Lipinski definition) is 4. The molecule has 1 heterocycles. The Morgan fingerprint density at radius 3 is 3.11 bits per heavy atom. The molecular formula is C5H4N2S2. The van der Waals surface area contributed by atoms with Gasteiger partial charge in [0.25, 0.3) is 0 Å². The van der Waals surface area contributed by atoms with Gasteiger partial charge in [0.15, 0.2) is 5.82 Å². The molecule has 0 aliphatic rings. The molecule has 9 heavy (non-hydrogen) atoms. The standard InChI is InChI=1S/C5H4N2S2/c1-4-7-5(2-9-4)6-3-8/h2H,1H3. The second-order valence-corrected chi connectivity index (χ2v) is 2.67. The zero-order valence-electron chi connectivity index (χ0n) is 4.79. The monoisotopic (exact) mass is 156 g/mol. The number of aryl methyl sites for hydroxylation is 1. The third kappa shape index (κ3) is 1.68. The molecule has 2 nitrogen and oxygen atoms in total. The molecular weight excluding hydrogens is 152 g/mol. The minimum Gasteiger partial charge on any atom is -0.222 e. The zero-order chi connectivity index (χ0) is 6.69. The average Bonchev–Trinajstić information content (AvgIpc) is 2.17. The number of aromatic nitrogens is 1. The number of thiazole rings is 1. The van der Waals surface area contributed by atoms with Crippen molar-refractivity contribution in [3.05, 3.63) is 10.4 Å². The van der Waals surface area contributed by atoms with E-state index in [1.54, 1.807) is 11.3 Å². The lowest BCUT2D eigenvalue weighted by molar-refractivity contribution is 1.27. The topological polar surface area (TPSA) is 25.2 Å². The molecule has 0 aliphatic heterocycles. The van der Waals surface area contributed by atoms with Crippen molar-refractivity contribution in [2.24, 2.45) is 4.99 Å². The average molecular weight is 156 g/mol. The Morgan fingerprint density at radius 1 is 1.89 bits per heavy atom. The minimum atomic E-state index is 0.660. The van der Waals surface area contributed by atoms with Crippen molar-refractivity contribution in [2.45, 2.75) is 6.92 Å². The van der Waals surface area contributed by atoms with Gasteiger partial charge >= 0.3 is 0 Å². The van der Waals surface area contributed by atoms with Crippen LogP contribution in [0.15, 0.2) is 10.4 Å². The minimum absolute atomic E-state index is 0.660. The normalized spacial score (nSPS) is 8.56. The smallest absolute Gasteiger partial charge is 0.173 e. The third-order valence-corrected chi connectivity index (χ3v) is 1.62. The van der Waals surface area contributed by atoms with Gasteiger partial charge in [-0.15, -0.1) is 11.3 Å². The second kappa shape index (κ2) is 2.82. The summed E-state index contributed by atoms with van der Waals surface area (Å²) in [5, 5.41) is 5.09. The Balaban J connectivity index is 2.97. The molecule has 0 spiro atoms. The fourth-order valence-corrected chi connectivity index (χ4v) is 1.07. The quantitative estimate of drug-likeness (QED) is 0.460. The first-order chi connectivity index (χ1) is 4.33. The number of nitrogens with zero attached hydrogens (tertiary/aromatic N) is 2. The maximum absolute atomic E-state index is 4.39. The Kier molecular flexibility index (Phi) is 2.05. The SMILES string of the molecule is Cc1nc(N=C=S)cs1. The van der Waals surface area contributed by atoms with Gasteiger partial charge in [0, 0.05) is 5.38 Å². The first kappa shape index (κ1) is 6.55. The van der Waals surface area contributed by atoms with E-state index in [1.807, 2.05) is 12.3 Å². The van der Waals surface area contributed by atoms with E-state index in [0.29, 0.717) is 5.82 Å². The number of isothiocyanates is 1. The van der Waals surface area contributed by atoms with Crippen molar-refractivity contribution in [3.8, 4) is 0 Å². The zero-order valence-corrected chi connectivity index (χ0v) is 6.42. The molecule has 1 aromatic rings. The van der Waals surface area contributed by atoms with Crippen LogP contribution in [0, 0.1) is 6.92 Å². The molecule has 1 rings (SSSR count). The Labute approximate surface area is 62.3 Å². The molecule has 0 saturated carbocycles. The molecule has 0 atom stereocenters. The second-order valence-electron chi connectivity index (χ2n) is 1.43. The van der Waals surface area contributed by atoms with Gasteiger partial charge in [0.05, 0.1) is 10.2 Å². The molecule has 0 N–H and O–H groups in total. The van der Waals surface area contributed by atoms with Crippen LogP contribution in [0.5, 0.6) is 0 Å². The lowest BCUT2D eigenvalue weighted by Crippen LogP contribution is -1.62. The molecule has 0 radical (unpaired) electrons. The fraction of sp³-hybridized carbons (Fsp3) is 0.200. The molecule has 0 bridgehead atoms. The van der Waals surface area contributed by atoms with E-state index in [4.69, 9.17) is 0 Å². The summed E-state index contributed by atoms with van der Waals surface area (Å²) >= 11 is 5.94. The maximum atomic E-state index is 4.39. The van der Waals surface area contributed by atoms with E-state index >= 15 is 0 Å². The predicted octanol–water partition coefficient (Wildman–Crippen LogP) is 2.19. The van der Waals surface area contributed by atoms with Crippen LogP contribution < -0.4 is 0 Å². The van der Waals surface area contributed by atoms with Crippen LogP contribution in [0.1, 0.15) is 5.01 Å². The molecule has 0 amide bonds. The molecule has 0 fully saturated rings. The maximum Gasteiger partial charge on any atom is 0.173 e. The van der Waals surface area contributed by atoms with Crippen molar-refractivity contribution in [2.75, 3.05) is 0 Å². The Hall–Kier alpha value is -0.570. The summed E-state index contributed by atoms with van der Waals surface area (Å²) in [5.74, 6) is 0.660. The molecule has 4 heteroatoms. The molecule has 0 saturated heterocycles. The van der Waals surface area contributed by atoms with Crippen LogP contribution in [0.3, 0.4) is 0 Å². The number of aliphatic imine (C=N–C) groups is 1. The van der Waals surface area contributed by atoms with Gasteiger partial charge in [-0.25, -0.2) is 4.98 Å². The van der Waals surface area contributed by atoms with Gasteiger partial charge in [0.2, 0.25) is 0 Å². The van der Waals surface area contributed by atoms with Crippen LogP contribution in [0.4, 0.5) is 5.82 Å². The third-order valence-electron chi connectivity index (χ3n) is 0.767. The fourth-order valence-electron chi connectivity index (χ4n) is 0.450. The van der Waals surface area contributed by atoms with E-state index in [0.717, 1.165) is 5.01 Å². The largest absolute Gasteiger partial charge is 0.222 e. The van der Waals surface area contributed by atoms with Crippen LogP contribution >= 0.6 is 23.6 Å². The highest BCUT2D eigenvalue weighted by Gasteiger charge is 1.91. The van der Waals surface area contributed by atoms with E-state index < -0.39 is 0 Å². The van der Waals surface area contributed by atoms with Crippen molar-refractivity contribution >= 4 is 34.5 Å². The first-order valence-corrected chi connectivity index (χ1v) is 3.61. The molecule has 0 aliphatic carbocycles. The van der Waals surface area contributed by atoms with Gasteiger partial charge < -0.3 is 0 Å². The summed E-state index contributed by atoms with van der Waals surface area (Å²) < 4.78 is 0. The summed E-state index contributed by atoms with van der Waals surface area (Å²) in [7, 11) is 0. The molecule has 46 valence electrons. The van der Waals surface area contributed by atoms with E-state index in [-0.39, 0.29) is 0 Å². The summed E-state index contributed by atoms with van der Waals surface area (Å²) in [6, 6.07) is 0. The number of rotatable bonds is 1. The highest BCUT2D eigenvalue weighted by Crippen LogP contribution is 2.14. The molecule has 0 unspecified atom stereocenters. The van der Waals surface area contributed by atoms with Crippen molar-refractivity contribution in [1.82, 2.24) is 4.98 Å². The van der Waals surface area contributed by atoms with Crippen molar-refractivity contribution < 1.29 is 0 Å². The summed E-state index contributed by atoms with van der Waals surface area (Å²) in [5.41, 5.74) is 0. The summed E-state index contributed by atoms with van der Waals surface area (Å²) in [6.07, 6.45) is 0. The Bertz CT molecular complexity index is 247. The van der Waals surface area contributed by atoms with Crippen LogP contribution in [0.25, 0.3) is 0 Å². The lowest BCUT2D eigenvalue weighted by atomic mass is 10.8. The van der Waals surface area contributed by atoms with Gasteiger partial charge in [-0.3, -0.25) is 0 Å². The summed E-state index contributed by atoms with van der Waals surface area (Å²) in [6.45, 7) is 1.92. The van der Waals surface area contributed by atoms with Gasteiger partial charge in [-0.05, 0) is 19.1 Å². The van der Waals surface area contributed by atoms with Crippen LogP contribution in [0.2, 0.25) is 0 Å². The van der Waals surface area contributed by atoms with E-state index in [1.165, 1.54) is 0 Å². The first-order valence-electron chi connectivity index (χ1n) is 2.33. The van der Waals surface area contributed by atoms with E-state index in [2.05, 4.69) is 27.4 Å². The van der Waals surface area contributed by atoms with Gasteiger partial charge in [0.1, 0.15) is 0 Å². The lowest BCUT2D eigenvalue weighted by Gasteiger charge is -1.73.